The molecule has 4 heteroatoms. The number of hydrogen-bond acceptors (Lipinski definition) is 3. The zero-order valence-electron chi connectivity index (χ0n) is 19.2. The molecule has 2 fully saturated rings. The lowest BCUT2D eigenvalue weighted by Crippen LogP contribution is -2.30. The smallest absolute Gasteiger partial charge is 0.152 e. The molecule has 4 aromatic rings. The molecule has 3 heterocycles. The maximum Gasteiger partial charge on any atom is 0.152 e. The third kappa shape index (κ3) is 3.58. The standard InChI is InChI=1S/C29H31N3O/c33-21-22-18-26-25-13-12-24(30-14-6-2-7-15-30)19-28(25)32(23-10-4-1-5-11-23)29(26)20-27(22)31-16-8-3-9-17-31/h1,4-5,10-13,18-21H,2-3,6-9,14-17H2. The van der Waals surface area contributed by atoms with Crippen molar-refractivity contribution >= 4 is 39.5 Å². The Labute approximate surface area is 195 Å². The van der Waals surface area contributed by atoms with Crippen LogP contribution in [0.25, 0.3) is 27.5 Å². The molecule has 2 aliphatic heterocycles. The Kier molecular flexibility index (Phi) is 5.29. The van der Waals surface area contributed by atoms with Crippen LogP contribution < -0.4 is 9.80 Å². The second-order valence-electron chi connectivity index (χ2n) is 9.51. The summed E-state index contributed by atoms with van der Waals surface area (Å²) in [5.41, 5.74) is 6.74. The molecule has 4 nitrogen and oxygen atoms in total. The highest BCUT2D eigenvalue weighted by Gasteiger charge is 2.21. The van der Waals surface area contributed by atoms with Gasteiger partial charge in [0.05, 0.1) is 11.0 Å². The quantitative estimate of drug-likeness (QED) is 0.338. The Bertz CT molecular complexity index is 1300. The Morgan fingerprint density at radius 1 is 0.606 bits per heavy atom. The second-order valence-corrected chi connectivity index (χ2v) is 9.51. The molecule has 168 valence electrons. The monoisotopic (exact) mass is 437 g/mol. The Balaban J connectivity index is 1.61. The Hall–Kier alpha value is -3.27. The maximum atomic E-state index is 12.1. The summed E-state index contributed by atoms with van der Waals surface area (Å²) >= 11 is 0. The van der Waals surface area contributed by atoms with Crippen LogP contribution in [0.4, 0.5) is 11.4 Å². The average molecular weight is 438 g/mol. The molecular formula is C29H31N3O. The first-order valence-corrected chi connectivity index (χ1v) is 12.5. The number of aldehydes is 1. The fourth-order valence-corrected chi connectivity index (χ4v) is 5.76. The molecule has 0 radical (unpaired) electrons. The van der Waals surface area contributed by atoms with Crippen molar-refractivity contribution in [1.82, 2.24) is 4.57 Å². The zero-order valence-corrected chi connectivity index (χ0v) is 19.2. The van der Waals surface area contributed by atoms with Crippen LogP contribution in [0.3, 0.4) is 0 Å². The number of fused-ring (bicyclic) bond motifs is 3. The second kappa shape index (κ2) is 8.58. The number of para-hydroxylation sites is 1. The molecule has 0 spiro atoms. The van der Waals surface area contributed by atoms with Gasteiger partial charge in [0.25, 0.3) is 0 Å². The normalized spacial score (nSPS) is 17.1. The third-order valence-electron chi connectivity index (χ3n) is 7.46. The number of hydrogen-bond donors (Lipinski definition) is 0. The molecule has 2 saturated heterocycles. The molecule has 6 rings (SSSR count). The minimum absolute atomic E-state index is 0.802. The van der Waals surface area contributed by atoms with E-state index in [0.717, 1.165) is 54.8 Å². The van der Waals surface area contributed by atoms with Gasteiger partial charge in [-0.05, 0) is 74.9 Å². The fourth-order valence-electron chi connectivity index (χ4n) is 5.76. The number of carbonyl (C=O) groups is 1. The summed E-state index contributed by atoms with van der Waals surface area (Å²) in [7, 11) is 0. The molecular weight excluding hydrogens is 406 g/mol. The van der Waals surface area contributed by atoms with Gasteiger partial charge in [-0.2, -0.15) is 0 Å². The van der Waals surface area contributed by atoms with Crippen LogP contribution in [-0.4, -0.2) is 37.0 Å². The zero-order chi connectivity index (χ0) is 22.2. The van der Waals surface area contributed by atoms with Crippen LogP contribution >= 0.6 is 0 Å². The molecule has 0 unspecified atom stereocenters. The number of rotatable bonds is 4. The summed E-state index contributed by atoms with van der Waals surface area (Å²) in [5.74, 6) is 0. The van der Waals surface area contributed by atoms with Crippen molar-refractivity contribution in [3.05, 3.63) is 66.2 Å². The van der Waals surface area contributed by atoms with E-state index >= 15 is 0 Å². The lowest BCUT2D eigenvalue weighted by molar-refractivity contribution is 0.112. The van der Waals surface area contributed by atoms with Crippen LogP contribution in [0.1, 0.15) is 48.9 Å². The van der Waals surface area contributed by atoms with Crippen molar-refractivity contribution in [3.8, 4) is 5.69 Å². The lowest BCUT2D eigenvalue weighted by atomic mass is 10.0. The first-order chi connectivity index (χ1) is 16.3. The molecule has 2 aliphatic rings. The van der Waals surface area contributed by atoms with Crippen molar-refractivity contribution in [2.24, 2.45) is 0 Å². The topological polar surface area (TPSA) is 28.5 Å². The van der Waals surface area contributed by atoms with Gasteiger partial charge >= 0.3 is 0 Å². The van der Waals surface area contributed by atoms with Gasteiger partial charge in [-0.25, -0.2) is 0 Å². The first kappa shape index (κ1) is 20.3. The fraction of sp³-hybridized carbons (Fsp3) is 0.345. The van der Waals surface area contributed by atoms with Crippen molar-refractivity contribution in [3.63, 3.8) is 0 Å². The predicted octanol–water partition coefficient (Wildman–Crippen LogP) is 6.58. The van der Waals surface area contributed by atoms with E-state index in [1.807, 2.05) is 0 Å². The number of piperidine rings is 2. The largest absolute Gasteiger partial charge is 0.371 e. The van der Waals surface area contributed by atoms with Gasteiger partial charge in [0.1, 0.15) is 0 Å². The van der Waals surface area contributed by atoms with Crippen molar-refractivity contribution in [1.29, 1.82) is 0 Å². The number of carbonyl (C=O) groups excluding carboxylic acids is 1. The van der Waals surface area contributed by atoms with Crippen LogP contribution in [0.5, 0.6) is 0 Å². The number of benzene rings is 3. The summed E-state index contributed by atoms with van der Waals surface area (Å²) in [5, 5.41) is 2.37. The molecule has 0 aliphatic carbocycles. The van der Waals surface area contributed by atoms with Crippen LogP contribution in [0.2, 0.25) is 0 Å². The van der Waals surface area contributed by atoms with E-state index < -0.39 is 0 Å². The van der Waals surface area contributed by atoms with E-state index in [1.165, 1.54) is 60.6 Å². The van der Waals surface area contributed by atoms with E-state index in [4.69, 9.17) is 0 Å². The van der Waals surface area contributed by atoms with Crippen LogP contribution in [-0.2, 0) is 0 Å². The van der Waals surface area contributed by atoms with Crippen molar-refractivity contribution < 1.29 is 4.79 Å². The highest BCUT2D eigenvalue weighted by Crippen LogP contribution is 2.38. The molecule has 3 aromatic carbocycles. The number of nitrogens with zero attached hydrogens (tertiary/aromatic N) is 3. The van der Waals surface area contributed by atoms with Crippen LogP contribution in [0, 0.1) is 0 Å². The molecule has 0 atom stereocenters. The highest BCUT2D eigenvalue weighted by atomic mass is 16.1. The van der Waals surface area contributed by atoms with Gasteiger partial charge in [0.15, 0.2) is 6.29 Å². The van der Waals surface area contributed by atoms with E-state index in [1.54, 1.807) is 0 Å². The molecule has 0 saturated carbocycles. The molecule has 33 heavy (non-hydrogen) atoms. The minimum Gasteiger partial charge on any atom is -0.371 e. The minimum atomic E-state index is 0.802. The SMILES string of the molecule is O=Cc1cc2c3ccc(N4CCCCC4)cc3n(-c3ccccc3)c2cc1N1CCCCC1. The van der Waals surface area contributed by atoms with Gasteiger partial charge in [-0.1, -0.05) is 24.3 Å². The van der Waals surface area contributed by atoms with E-state index in [9.17, 15) is 4.79 Å². The van der Waals surface area contributed by atoms with Crippen molar-refractivity contribution in [2.75, 3.05) is 36.0 Å². The summed E-state index contributed by atoms with van der Waals surface area (Å²) < 4.78 is 2.39. The average Bonchev–Trinajstić information content (AvgIpc) is 3.22. The van der Waals surface area contributed by atoms with Gasteiger partial charge in [-0.15, -0.1) is 0 Å². The summed E-state index contributed by atoms with van der Waals surface area (Å²) in [6.07, 6.45) is 8.56. The summed E-state index contributed by atoms with van der Waals surface area (Å²) in [4.78, 5) is 17.1. The Morgan fingerprint density at radius 3 is 1.97 bits per heavy atom. The van der Waals surface area contributed by atoms with E-state index in [0.29, 0.717) is 0 Å². The molecule has 0 amide bonds. The van der Waals surface area contributed by atoms with Gasteiger partial charge in [0.2, 0.25) is 0 Å². The first-order valence-electron chi connectivity index (χ1n) is 12.5. The van der Waals surface area contributed by atoms with Gasteiger partial charge in [-0.3, -0.25) is 4.79 Å². The number of aromatic nitrogens is 1. The van der Waals surface area contributed by atoms with Gasteiger partial charge in [0, 0.05) is 59.6 Å². The lowest BCUT2D eigenvalue weighted by Gasteiger charge is -2.30. The predicted molar refractivity (Wildman–Crippen MR) is 138 cm³/mol. The van der Waals surface area contributed by atoms with Gasteiger partial charge < -0.3 is 14.4 Å². The maximum absolute atomic E-state index is 12.1. The molecule has 1 aromatic heterocycles. The van der Waals surface area contributed by atoms with E-state index in [-0.39, 0.29) is 0 Å². The molecule has 0 bridgehead atoms. The Morgan fingerprint density at radius 2 is 1.27 bits per heavy atom. The highest BCUT2D eigenvalue weighted by molar-refractivity contribution is 6.12. The summed E-state index contributed by atoms with van der Waals surface area (Å²) in [6.45, 7) is 4.31. The molecule has 0 N–H and O–H groups in total. The van der Waals surface area contributed by atoms with Crippen LogP contribution in [0.15, 0.2) is 60.7 Å². The number of anilines is 2. The third-order valence-corrected chi connectivity index (χ3v) is 7.46. The van der Waals surface area contributed by atoms with Crippen molar-refractivity contribution in [2.45, 2.75) is 38.5 Å². The van der Waals surface area contributed by atoms with E-state index in [2.05, 4.69) is 75.0 Å². The summed E-state index contributed by atoms with van der Waals surface area (Å²) in [6, 6.07) is 21.9.